The monoisotopic (exact) mass is 635 g/mol. The van der Waals surface area contributed by atoms with Crippen LogP contribution in [-0.4, -0.2) is 46.5 Å². The molecule has 1 amide bonds. The Kier molecular flexibility index (Phi) is 11.3. The SMILES string of the molecule is CCc1ccc(-c2ccc(CN(CCN(CC)CC)C(=O)Cn3c(CCc4cccc(F)c4F)cc(=O)c4ccccc43)cc2)cc1. The fourth-order valence-electron chi connectivity index (χ4n) is 6.06. The van der Waals surface area contributed by atoms with Crippen LogP contribution in [0.3, 0.4) is 0 Å². The molecule has 1 heterocycles. The summed E-state index contributed by atoms with van der Waals surface area (Å²) in [6, 6.07) is 29.8. The number of likely N-dealkylation sites (N-methyl/N-ethyl adjacent to an activating group) is 1. The maximum atomic E-state index is 14.5. The average molecular weight is 636 g/mol. The highest BCUT2D eigenvalue weighted by atomic mass is 19.2. The molecule has 0 atom stereocenters. The molecule has 5 aromatic rings. The molecular formula is C40H43F2N3O2. The maximum Gasteiger partial charge on any atom is 0.242 e. The molecule has 0 spiro atoms. The Morgan fingerprint density at radius 1 is 0.745 bits per heavy atom. The summed E-state index contributed by atoms with van der Waals surface area (Å²) in [5, 5.41) is 0.512. The number of amides is 1. The van der Waals surface area contributed by atoms with Gasteiger partial charge in [-0.2, -0.15) is 0 Å². The van der Waals surface area contributed by atoms with Gasteiger partial charge in [-0.15, -0.1) is 0 Å². The van der Waals surface area contributed by atoms with E-state index in [2.05, 4.69) is 74.2 Å². The van der Waals surface area contributed by atoms with Crippen LogP contribution in [-0.2, 0) is 37.1 Å². The number of halogens is 2. The van der Waals surface area contributed by atoms with Gasteiger partial charge in [-0.3, -0.25) is 9.59 Å². The number of hydrogen-bond donors (Lipinski definition) is 0. The predicted molar refractivity (Wildman–Crippen MR) is 186 cm³/mol. The van der Waals surface area contributed by atoms with E-state index in [0.29, 0.717) is 29.7 Å². The van der Waals surface area contributed by atoms with E-state index in [1.807, 2.05) is 21.6 Å². The van der Waals surface area contributed by atoms with E-state index < -0.39 is 11.6 Å². The number of carbonyl (C=O) groups is 1. The highest BCUT2D eigenvalue weighted by molar-refractivity contribution is 5.83. The Morgan fingerprint density at radius 3 is 2.06 bits per heavy atom. The van der Waals surface area contributed by atoms with E-state index >= 15 is 0 Å². The number of fused-ring (bicyclic) bond motifs is 1. The minimum atomic E-state index is -0.903. The van der Waals surface area contributed by atoms with Gasteiger partial charge in [0.2, 0.25) is 5.91 Å². The first kappa shape index (κ1) is 33.7. The van der Waals surface area contributed by atoms with E-state index in [0.717, 1.165) is 48.8 Å². The fraction of sp³-hybridized carbons (Fsp3) is 0.300. The fourth-order valence-corrected chi connectivity index (χ4v) is 6.06. The van der Waals surface area contributed by atoms with Crippen molar-refractivity contribution in [2.45, 2.75) is 53.1 Å². The van der Waals surface area contributed by atoms with Gasteiger partial charge in [0.25, 0.3) is 0 Å². The molecule has 1 aromatic heterocycles. The average Bonchev–Trinajstić information content (AvgIpc) is 3.10. The van der Waals surface area contributed by atoms with Gasteiger partial charge in [0.15, 0.2) is 17.1 Å². The van der Waals surface area contributed by atoms with Gasteiger partial charge in [-0.1, -0.05) is 93.6 Å². The smallest absolute Gasteiger partial charge is 0.242 e. The lowest BCUT2D eigenvalue weighted by atomic mass is 10.0. The summed E-state index contributed by atoms with van der Waals surface area (Å²) in [4.78, 5) is 31.5. The predicted octanol–water partition coefficient (Wildman–Crippen LogP) is 7.66. The Hall–Kier alpha value is -4.62. The number of nitrogens with zero attached hydrogens (tertiary/aromatic N) is 3. The van der Waals surface area contributed by atoms with Crippen molar-refractivity contribution in [3.05, 3.63) is 141 Å². The molecule has 7 heteroatoms. The zero-order chi connectivity index (χ0) is 33.3. The zero-order valence-corrected chi connectivity index (χ0v) is 27.5. The molecule has 0 unspecified atom stereocenters. The lowest BCUT2D eigenvalue weighted by molar-refractivity contribution is -0.132. The largest absolute Gasteiger partial charge is 0.336 e. The zero-order valence-electron chi connectivity index (χ0n) is 27.5. The summed E-state index contributed by atoms with van der Waals surface area (Å²) < 4.78 is 30.3. The minimum Gasteiger partial charge on any atom is -0.336 e. The van der Waals surface area contributed by atoms with Crippen LogP contribution < -0.4 is 5.43 Å². The van der Waals surface area contributed by atoms with E-state index in [4.69, 9.17) is 0 Å². The highest BCUT2D eigenvalue weighted by Crippen LogP contribution is 2.22. The van der Waals surface area contributed by atoms with Crippen LogP contribution in [0, 0.1) is 11.6 Å². The lowest BCUT2D eigenvalue weighted by Gasteiger charge is -2.28. The number of aryl methyl sites for hydroxylation is 3. The van der Waals surface area contributed by atoms with Crippen molar-refractivity contribution < 1.29 is 13.6 Å². The quantitative estimate of drug-likeness (QED) is 0.126. The molecule has 244 valence electrons. The van der Waals surface area contributed by atoms with Gasteiger partial charge in [-0.25, -0.2) is 8.78 Å². The van der Waals surface area contributed by atoms with Crippen LogP contribution in [0.4, 0.5) is 8.78 Å². The summed E-state index contributed by atoms with van der Waals surface area (Å²) in [5.74, 6) is -1.87. The van der Waals surface area contributed by atoms with Crippen LogP contribution >= 0.6 is 0 Å². The Bertz CT molecular complexity index is 1860. The molecule has 5 rings (SSSR count). The van der Waals surface area contributed by atoms with Gasteiger partial charge in [-0.05, 0) is 78.4 Å². The topological polar surface area (TPSA) is 45.5 Å². The van der Waals surface area contributed by atoms with Crippen LogP contribution in [0.25, 0.3) is 22.0 Å². The second-order valence-corrected chi connectivity index (χ2v) is 11.9. The normalized spacial score (nSPS) is 11.4. The molecule has 0 saturated heterocycles. The molecule has 0 aliphatic rings. The molecule has 0 radical (unpaired) electrons. The van der Waals surface area contributed by atoms with Gasteiger partial charge in [0.05, 0.1) is 5.52 Å². The number of hydrogen-bond acceptors (Lipinski definition) is 3. The Morgan fingerprint density at radius 2 is 1.40 bits per heavy atom. The van der Waals surface area contributed by atoms with Crippen LogP contribution in [0.1, 0.15) is 43.2 Å². The van der Waals surface area contributed by atoms with Crippen molar-refractivity contribution in [1.29, 1.82) is 0 Å². The van der Waals surface area contributed by atoms with Crippen LogP contribution in [0.2, 0.25) is 0 Å². The van der Waals surface area contributed by atoms with Crippen LogP contribution in [0.5, 0.6) is 0 Å². The molecule has 4 aromatic carbocycles. The highest BCUT2D eigenvalue weighted by Gasteiger charge is 2.19. The van der Waals surface area contributed by atoms with Crippen molar-refractivity contribution in [3.63, 3.8) is 0 Å². The minimum absolute atomic E-state index is 0.0157. The molecular weight excluding hydrogens is 592 g/mol. The van der Waals surface area contributed by atoms with E-state index in [9.17, 15) is 18.4 Å². The van der Waals surface area contributed by atoms with Crippen molar-refractivity contribution >= 4 is 16.8 Å². The van der Waals surface area contributed by atoms with Gasteiger partial charge >= 0.3 is 0 Å². The van der Waals surface area contributed by atoms with Gasteiger partial charge in [0, 0.05) is 36.8 Å². The third-order valence-corrected chi connectivity index (χ3v) is 9.04. The van der Waals surface area contributed by atoms with Crippen LogP contribution in [0.15, 0.2) is 102 Å². The van der Waals surface area contributed by atoms with Crippen molar-refractivity contribution in [2.24, 2.45) is 0 Å². The van der Waals surface area contributed by atoms with E-state index in [1.54, 1.807) is 18.2 Å². The van der Waals surface area contributed by atoms with E-state index in [1.165, 1.54) is 17.7 Å². The summed E-state index contributed by atoms with van der Waals surface area (Å²) >= 11 is 0. The number of aromatic nitrogens is 1. The molecule has 0 saturated carbocycles. The third kappa shape index (κ3) is 8.22. The first-order chi connectivity index (χ1) is 22.8. The van der Waals surface area contributed by atoms with Crippen molar-refractivity contribution in [3.8, 4) is 11.1 Å². The Balaban J connectivity index is 1.43. The first-order valence-electron chi connectivity index (χ1n) is 16.5. The second kappa shape index (κ2) is 15.8. The molecule has 0 fully saturated rings. The summed E-state index contributed by atoms with van der Waals surface area (Å²) in [6.45, 7) is 9.87. The summed E-state index contributed by atoms with van der Waals surface area (Å²) in [6.07, 6.45) is 1.46. The lowest BCUT2D eigenvalue weighted by Crippen LogP contribution is -2.40. The Labute approximate surface area is 276 Å². The summed E-state index contributed by atoms with van der Waals surface area (Å²) in [7, 11) is 0. The van der Waals surface area contributed by atoms with E-state index in [-0.39, 0.29) is 36.3 Å². The number of benzene rings is 4. The first-order valence-corrected chi connectivity index (χ1v) is 16.5. The van der Waals surface area contributed by atoms with Gasteiger partial charge in [0.1, 0.15) is 6.54 Å². The molecule has 5 nitrogen and oxygen atoms in total. The number of pyridine rings is 1. The molecule has 0 aliphatic carbocycles. The second-order valence-electron chi connectivity index (χ2n) is 11.9. The maximum absolute atomic E-state index is 14.5. The molecule has 0 bridgehead atoms. The molecule has 47 heavy (non-hydrogen) atoms. The van der Waals surface area contributed by atoms with Crippen molar-refractivity contribution in [1.82, 2.24) is 14.4 Å². The summed E-state index contributed by atoms with van der Waals surface area (Å²) in [5.41, 5.74) is 5.91. The van der Waals surface area contributed by atoms with Gasteiger partial charge < -0.3 is 14.4 Å². The number of para-hydroxylation sites is 1. The van der Waals surface area contributed by atoms with Crippen molar-refractivity contribution in [2.75, 3.05) is 26.2 Å². The number of carbonyl (C=O) groups excluding carboxylic acids is 1. The standard InChI is InChI=1S/C40H43F2N3O2/c1-4-29-14-18-31(19-15-29)32-20-16-30(17-21-32)27-44(25-24-43(5-2)6-3)39(47)28-45-34(23-22-33-10-9-12-36(41)40(33)42)26-38(46)35-11-7-8-13-37(35)45/h7-21,26H,4-6,22-25,27-28H2,1-3H3. The third-order valence-electron chi connectivity index (χ3n) is 9.04. The number of rotatable bonds is 14. The molecule has 0 N–H and O–H groups in total. The molecule has 0 aliphatic heterocycles.